The monoisotopic (exact) mass is 291 g/mol. The highest BCUT2D eigenvalue weighted by Crippen LogP contribution is 2.34. The number of fused-ring (bicyclic) bond motifs is 3. The van der Waals surface area contributed by atoms with E-state index in [9.17, 15) is 5.11 Å². The molecule has 0 spiro atoms. The average Bonchev–Trinajstić information content (AvgIpc) is 2.55. The molecule has 4 heteroatoms. The van der Waals surface area contributed by atoms with Gasteiger partial charge in [-0.15, -0.1) is 0 Å². The minimum Gasteiger partial charge on any atom is -0.492 e. The normalized spacial score (nSPS) is 15.0. The zero-order valence-electron chi connectivity index (χ0n) is 12.5. The van der Waals surface area contributed by atoms with Crippen LogP contribution in [0.5, 0.6) is 5.88 Å². The van der Waals surface area contributed by atoms with E-state index >= 15 is 0 Å². The quantitative estimate of drug-likeness (QED) is 0.749. The standard InChI is InChI=1S/C18H17N3O/c1-21-8-7-13-14(12-5-3-2-4-6-12)9-16-18(15(13)11-21)20-17(22)10-19-16/h2-6,9-10H,7-8,11H2,1H3,(H,20,22). The van der Waals surface area contributed by atoms with Gasteiger partial charge in [0.25, 0.3) is 0 Å². The highest BCUT2D eigenvalue weighted by molar-refractivity contribution is 5.87. The van der Waals surface area contributed by atoms with Crippen molar-refractivity contribution in [1.82, 2.24) is 14.9 Å². The van der Waals surface area contributed by atoms with Crippen molar-refractivity contribution in [2.75, 3.05) is 13.6 Å². The lowest BCUT2D eigenvalue weighted by atomic mass is 9.89. The van der Waals surface area contributed by atoms with E-state index < -0.39 is 0 Å². The Morgan fingerprint density at radius 1 is 1.14 bits per heavy atom. The summed E-state index contributed by atoms with van der Waals surface area (Å²) in [5.41, 5.74) is 6.62. The lowest BCUT2D eigenvalue weighted by molar-refractivity contribution is 0.314. The number of aromatic nitrogens is 2. The number of hydrogen-bond acceptors (Lipinski definition) is 4. The second-order valence-electron chi connectivity index (χ2n) is 5.83. The molecular weight excluding hydrogens is 274 g/mol. The predicted octanol–water partition coefficient (Wildman–Crippen LogP) is 2.99. The molecule has 0 unspecified atom stereocenters. The van der Waals surface area contributed by atoms with E-state index in [0.717, 1.165) is 30.5 Å². The van der Waals surface area contributed by atoms with Crippen LogP contribution < -0.4 is 0 Å². The van der Waals surface area contributed by atoms with Crippen LogP contribution in [-0.4, -0.2) is 33.6 Å². The third-order valence-electron chi connectivity index (χ3n) is 4.30. The number of rotatable bonds is 1. The fourth-order valence-electron chi connectivity index (χ4n) is 3.23. The number of hydrogen-bond donors (Lipinski definition) is 1. The zero-order chi connectivity index (χ0) is 15.1. The van der Waals surface area contributed by atoms with Gasteiger partial charge in [-0.1, -0.05) is 30.3 Å². The van der Waals surface area contributed by atoms with Crippen LogP contribution in [0.15, 0.2) is 42.6 Å². The summed E-state index contributed by atoms with van der Waals surface area (Å²) in [6.07, 6.45) is 2.40. The molecule has 0 atom stereocenters. The summed E-state index contributed by atoms with van der Waals surface area (Å²) in [5.74, 6) is -0.0182. The summed E-state index contributed by atoms with van der Waals surface area (Å²) >= 11 is 0. The van der Waals surface area contributed by atoms with Crippen LogP contribution in [0, 0.1) is 0 Å². The molecule has 1 aliphatic heterocycles. The van der Waals surface area contributed by atoms with Gasteiger partial charge in [-0.05, 0) is 41.8 Å². The molecule has 2 heterocycles. The molecule has 3 aromatic rings. The largest absolute Gasteiger partial charge is 0.492 e. The lowest BCUT2D eigenvalue weighted by Gasteiger charge is -2.27. The zero-order valence-corrected chi connectivity index (χ0v) is 12.5. The number of benzene rings is 2. The molecule has 4 rings (SSSR count). The maximum atomic E-state index is 9.70. The maximum absolute atomic E-state index is 9.70. The van der Waals surface area contributed by atoms with Gasteiger partial charge in [0.1, 0.15) is 0 Å². The third-order valence-corrected chi connectivity index (χ3v) is 4.30. The Kier molecular flexibility index (Phi) is 3.05. The fraction of sp³-hybridized carbons (Fsp3) is 0.222. The SMILES string of the molecule is CN1CCc2c(-c3ccccc3)cc3ncc(O)nc3c2C1. The van der Waals surface area contributed by atoms with E-state index in [2.05, 4.69) is 52.2 Å². The number of nitrogens with zero attached hydrogens (tertiary/aromatic N) is 3. The van der Waals surface area contributed by atoms with Gasteiger partial charge in [0, 0.05) is 13.1 Å². The molecular formula is C18H17N3O. The van der Waals surface area contributed by atoms with Crippen molar-refractivity contribution in [2.45, 2.75) is 13.0 Å². The summed E-state index contributed by atoms with van der Waals surface area (Å²) in [6, 6.07) is 12.5. The van der Waals surface area contributed by atoms with Gasteiger partial charge in [-0.25, -0.2) is 9.97 Å². The molecule has 22 heavy (non-hydrogen) atoms. The van der Waals surface area contributed by atoms with Gasteiger partial charge < -0.3 is 10.0 Å². The van der Waals surface area contributed by atoms with Crippen LogP contribution >= 0.6 is 0 Å². The second kappa shape index (κ2) is 5.07. The predicted molar refractivity (Wildman–Crippen MR) is 86.7 cm³/mol. The summed E-state index contributed by atoms with van der Waals surface area (Å²) in [7, 11) is 2.11. The van der Waals surface area contributed by atoms with E-state index in [4.69, 9.17) is 0 Å². The van der Waals surface area contributed by atoms with Crippen molar-refractivity contribution < 1.29 is 5.11 Å². The molecule has 0 bridgehead atoms. The summed E-state index contributed by atoms with van der Waals surface area (Å²) in [5, 5.41) is 9.70. The van der Waals surface area contributed by atoms with Crippen LogP contribution in [-0.2, 0) is 13.0 Å². The van der Waals surface area contributed by atoms with Crippen molar-refractivity contribution in [3.63, 3.8) is 0 Å². The van der Waals surface area contributed by atoms with E-state index in [0.29, 0.717) is 0 Å². The Labute approximate surface area is 129 Å². The molecule has 0 saturated heterocycles. The van der Waals surface area contributed by atoms with Crippen LogP contribution in [0.4, 0.5) is 0 Å². The highest BCUT2D eigenvalue weighted by atomic mass is 16.3. The first-order valence-electron chi connectivity index (χ1n) is 7.47. The number of aromatic hydroxyl groups is 1. The Balaban J connectivity index is 2.04. The van der Waals surface area contributed by atoms with Gasteiger partial charge in [0.05, 0.1) is 17.2 Å². The van der Waals surface area contributed by atoms with Crippen molar-refractivity contribution in [1.29, 1.82) is 0 Å². The molecule has 1 aliphatic rings. The first-order valence-corrected chi connectivity index (χ1v) is 7.47. The molecule has 1 N–H and O–H groups in total. The summed E-state index contributed by atoms with van der Waals surface area (Å²) in [4.78, 5) is 11.0. The molecule has 2 aromatic carbocycles. The Morgan fingerprint density at radius 2 is 1.95 bits per heavy atom. The van der Waals surface area contributed by atoms with Crippen LogP contribution in [0.2, 0.25) is 0 Å². The van der Waals surface area contributed by atoms with Crippen molar-refractivity contribution in [2.24, 2.45) is 0 Å². The van der Waals surface area contributed by atoms with Gasteiger partial charge >= 0.3 is 0 Å². The minimum atomic E-state index is -0.0182. The van der Waals surface area contributed by atoms with Crippen molar-refractivity contribution in [3.8, 4) is 17.0 Å². The molecule has 0 radical (unpaired) electrons. The molecule has 110 valence electrons. The topological polar surface area (TPSA) is 49.2 Å². The van der Waals surface area contributed by atoms with E-state index in [1.807, 2.05) is 6.07 Å². The number of likely N-dealkylation sites (N-methyl/N-ethyl adjacent to an activating group) is 1. The molecule has 0 fully saturated rings. The fourth-order valence-corrected chi connectivity index (χ4v) is 3.23. The van der Waals surface area contributed by atoms with Crippen LogP contribution in [0.3, 0.4) is 0 Å². The van der Waals surface area contributed by atoms with E-state index in [-0.39, 0.29) is 5.88 Å². The van der Waals surface area contributed by atoms with Gasteiger partial charge in [-0.3, -0.25) is 0 Å². The third kappa shape index (κ3) is 2.12. The van der Waals surface area contributed by atoms with Gasteiger partial charge in [-0.2, -0.15) is 0 Å². The van der Waals surface area contributed by atoms with Crippen molar-refractivity contribution >= 4 is 11.0 Å². The summed E-state index contributed by atoms with van der Waals surface area (Å²) < 4.78 is 0. The maximum Gasteiger partial charge on any atom is 0.230 e. The van der Waals surface area contributed by atoms with Gasteiger partial charge in [0.15, 0.2) is 0 Å². The lowest BCUT2D eigenvalue weighted by Crippen LogP contribution is -2.27. The van der Waals surface area contributed by atoms with E-state index in [1.54, 1.807) is 0 Å². The summed E-state index contributed by atoms with van der Waals surface area (Å²) in [6.45, 7) is 1.87. The smallest absolute Gasteiger partial charge is 0.230 e. The minimum absolute atomic E-state index is 0.0182. The molecule has 0 saturated carbocycles. The average molecular weight is 291 g/mol. The Hall–Kier alpha value is -2.46. The molecule has 4 nitrogen and oxygen atoms in total. The molecule has 0 aliphatic carbocycles. The molecule has 1 aromatic heterocycles. The van der Waals surface area contributed by atoms with E-state index in [1.165, 1.54) is 28.5 Å². The molecule has 0 amide bonds. The first kappa shape index (κ1) is 13.2. The van der Waals surface area contributed by atoms with Crippen LogP contribution in [0.1, 0.15) is 11.1 Å². The van der Waals surface area contributed by atoms with Crippen molar-refractivity contribution in [3.05, 3.63) is 53.7 Å². The second-order valence-corrected chi connectivity index (χ2v) is 5.83. The highest BCUT2D eigenvalue weighted by Gasteiger charge is 2.21. The van der Waals surface area contributed by atoms with Gasteiger partial charge in [0.2, 0.25) is 5.88 Å². The first-order chi connectivity index (χ1) is 10.7. The Morgan fingerprint density at radius 3 is 2.77 bits per heavy atom. The van der Waals surface area contributed by atoms with Crippen LogP contribution in [0.25, 0.3) is 22.2 Å². The Bertz CT molecular complexity index is 846.